The molecule has 1 atom stereocenters. The number of nitrogens with zero attached hydrogens (tertiary/aromatic N) is 2. The Bertz CT molecular complexity index is 411. The van der Waals surface area contributed by atoms with Gasteiger partial charge < -0.3 is 10.6 Å². The third-order valence-electron chi connectivity index (χ3n) is 3.01. The molecule has 0 radical (unpaired) electrons. The van der Waals surface area contributed by atoms with Crippen LogP contribution >= 0.6 is 24.8 Å². The Morgan fingerprint density at radius 1 is 1.50 bits per heavy atom. The molecular formula is C11H18Cl2F2N4O. The molecule has 9 heteroatoms. The molecular weight excluding hydrogens is 313 g/mol. The number of rotatable bonds is 4. The van der Waals surface area contributed by atoms with E-state index in [0.717, 1.165) is 30.4 Å². The summed E-state index contributed by atoms with van der Waals surface area (Å²) >= 11 is 0. The maximum atomic E-state index is 12.5. The number of carbonyl (C=O) groups is 1. The lowest BCUT2D eigenvalue weighted by Crippen LogP contribution is -2.46. The molecule has 0 saturated carbocycles. The van der Waals surface area contributed by atoms with Crippen molar-refractivity contribution in [2.75, 3.05) is 6.54 Å². The van der Waals surface area contributed by atoms with Crippen molar-refractivity contribution in [1.29, 1.82) is 0 Å². The minimum absolute atomic E-state index is 0. The molecule has 1 amide bonds. The van der Waals surface area contributed by atoms with Crippen LogP contribution in [0.2, 0.25) is 0 Å². The van der Waals surface area contributed by atoms with Crippen molar-refractivity contribution in [2.45, 2.75) is 38.4 Å². The minimum Gasteiger partial charge on any atom is -0.348 e. The van der Waals surface area contributed by atoms with Crippen LogP contribution in [0.1, 0.15) is 31.6 Å². The van der Waals surface area contributed by atoms with Crippen molar-refractivity contribution < 1.29 is 13.6 Å². The smallest absolute Gasteiger partial charge is 0.319 e. The van der Waals surface area contributed by atoms with Crippen LogP contribution in [0, 0.1) is 0 Å². The van der Waals surface area contributed by atoms with E-state index in [9.17, 15) is 13.6 Å². The lowest BCUT2D eigenvalue weighted by molar-refractivity contribution is -0.123. The second-order valence-corrected chi connectivity index (χ2v) is 4.25. The first kappa shape index (κ1) is 19.1. The van der Waals surface area contributed by atoms with E-state index in [2.05, 4.69) is 15.6 Å². The largest absolute Gasteiger partial charge is 0.348 e. The fraction of sp³-hybridized carbons (Fsp3) is 0.636. The van der Waals surface area contributed by atoms with Crippen molar-refractivity contribution in [3.05, 3.63) is 18.2 Å². The predicted octanol–water partition coefficient (Wildman–Crippen LogP) is 1.88. The molecule has 1 aliphatic rings. The van der Waals surface area contributed by atoms with Gasteiger partial charge in [0.05, 0.1) is 12.6 Å². The number of carbonyl (C=O) groups excluding carboxylic acids is 1. The Morgan fingerprint density at radius 3 is 2.85 bits per heavy atom. The number of amides is 1. The molecule has 1 aromatic rings. The third-order valence-corrected chi connectivity index (χ3v) is 3.01. The van der Waals surface area contributed by atoms with E-state index >= 15 is 0 Å². The monoisotopic (exact) mass is 330 g/mol. The van der Waals surface area contributed by atoms with Crippen LogP contribution in [0.15, 0.2) is 12.4 Å². The van der Waals surface area contributed by atoms with E-state index in [0.29, 0.717) is 0 Å². The van der Waals surface area contributed by atoms with Gasteiger partial charge >= 0.3 is 6.55 Å². The summed E-state index contributed by atoms with van der Waals surface area (Å²) in [5.41, 5.74) is 0. The number of piperidine rings is 1. The topological polar surface area (TPSA) is 59.0 Å². The van der Waals surface area contributed by atoms with Gasteiger partial charge in [0.1, 0.15) is 5.82 Å². The number of imidazole rings is 1. The van der Waals surface area contributed by atoms with Crippen LogP contribution in [0.3, 0.4) is 0 Å². The molecule has 1 aliphatic heterocycles. The maximum Gasteiger partial charge on any atom is 0.319 e. The SMILES string of the molecule is Cl.Cl.O=C(NCc1nccn1C(F)F)[C@H]1CCCCN1. The highest BCUT2D eigenvalue weighted by molar-refractivity contribution is 5.85. The van der Waals surface area contributed by atoms with Crippen molar-refractivity contribution in [2.24, 2.45) is 0 Å². The summed E-state index contributed by atoms with van der Waals surface area (Å²) < 4.78 is 25.8. The number of hydrogen-bond acceptors (Lipinski definition) is 3. The van der Waals surface area contributed by atoms with Crippen LogP contribution in [0.4, 0.5) is 8.78 Å². The molecule has 2 rings (SSSR count). The number of alkyl halides is 2. The van der Waals surface area contributed by atoms with E-state index in [4.69, 9.17) is 0 Å². The summed E-state index contributed by atoms with van der Waals surface area (Å²) in [7, 11) is 0. The fourth-order valence-corrected chi connectivity index (χ4v) is 2.02. The lowest BCUT2D eigenvalue weighted by atomic mass is 10.0. The van der Waals surface area contributed by atoms with Gasteiger partial charge in [0, 0.05) is 12.4 Å². The van der Waals surface area contributed by atoms with Gasteiger partial charge in [-0.25, -0.2) is 4.98 Å². The summed E-state index contributed by atoms with van der Waals surface area (Å²) in [5.74, 6) is 0.00711. The molecule has 0 spiro atoms. The number of aromatic nitrogens is 2. The van der Waals surface area contributed by atoms with Gasteiger partial charge in [-0.2, -0.15) is 8.78 Å². The van der Waals surface area contributed by atoms with E-state index in [-0.39, 0.29) is 49.1 Å². The molecule has 1 saturated heterocycles. The first-order valence-corrected chi connectivity index (χ1v) is 5.99. The van der Waals surface area contributed by atoms with E-state index < -0.39 is 6.55 Å². The van der Waals surface area contributed by atoms with Gasteiger partial charge in [0.25, 0.3) is 0 Å². The molecule has 1 fully saturated rings. The molecule has 5 nitrogen and oxygen atoms in total. The molecule has 0 bridgehead atoms. The zero-order chi connectivity index (χ0) is 13.0. The molecule has 2 N–H and O–H groups in total. The Labute approximate surface area is 128 Å². The van der Waals surface area contributed by atoms with Crippen LogP contribution in [-0.4, -0.2) is 28.0 Å². The van der Waals surface area contributed by atoms with Crippen LogP contribution < -0.4 is 10.6 Å². The summed E-state index contributed by atoms with van der Waals surface area (Å²) in [6.07, 6.45) is 5.36. The zero-order valence-corrected chi connectivity index (χ0v) is 12.4. The van der Waals surface area contributed by atoms with Crippen molar-refractivity contribution in [1.82, 2.24) is 20.2 Å². The molecule has 116 valence electrons. The Hall–Kier alpha value is -0.920. The minimum atomic E-state index is -2.63. The average molecular weight is 331 g/mol. The molecule has 0 aliphatic carbocycles. The zero-order valence-electron chi connectivity index (χ0n) is 10.7. The lowest BCUT2D eigenvalue weighted by Gasteiger charge is -2.22. The summed E-state index contributed by atoms with van der Waals surface area (Å²) in [5, 5.41) is 5.73. The standard InChI is InChI=1S/C11H16F2N4O.2ClH/c12-11(13)17-6-5-15-9(17)7-16-10(18)8-3-1-2-4-14-8;;/h5-6,8,11,14H,1-4,7H2,(H,16,18);2*1H/t8-;;/m1../s1. The van der Waals surface area contributed by atoms with Gasteiger partial charge in [-0.3, -0.25) is 9.36 Å². The Kier molecular flexibility index (Phi) is 8.68. The normalized spacial score (nSPS) is 18.1. The van der Waals surface area contributed by atoms with E-state index in [1.54, 1.807) is 0 Å². The van der Waals surface area contributed by atoms with E-state index in [1.165, 1.54) is 12.4 Å². The number of nitrogens with one attached hydrogen (secondary N) is 2. The van der Waals surface area contributed by atoms with Crippen LogP contribution in [0.25, 0.3) is 0 Å². The second kappa shape index (κ2) is 9.10. The number of hydrogen-bond donors (Lipinski definition) is 2. The first-order chi connectivity index (χ1) is 8.68. The van der Waals surface area contributed by atoms with Gasteiger partial charge in [0.15, 0.2) is 0 Å². The van der Waals surface area contributed by atoms with Gasteiger partial charge in [-0.15, -0.1) is 24.8 Å². The maximum absolute atomic E-state index is 12.5. The molecule has 0 unspecified atom stereocenters. The highest BCUT2D eigenvalue weighted by atomic mass is 35.5. The Balaban J connectivity index is 0.00000180. The van der Waals surface area contributed by atoms with Gasteiger partial charge in [-0.1, -0.05) is 6.42 Å². The highest BCUT2D eigenvalue weighted by Crippen LogP contribution is 2.12. The third kappa shape index (κ3) is 4.88. The quantitative estimate of drug-likeness (QED) is 0.886. The molecule has 1 aromatic heterocycles. The van der Waals surface area contributed by atoms with Crippen molar-refractivity contribution in [3.8, 4) is 0 Å². The van der Waals surface area contributed by atoms with Gasteiger partial charge in [-0.05, 0) is 19.4 Å². The van der Waals surface area contributed by atoms with E-state index in [1.807, 2.05) is 0 Å². The summed E-state index contributed by atoms with van der Waals surface area (Å²) in [6, 6.07) is -0.214. The summed E-state index contributed by atoms with van der Waals surface area (Å²) in [6.45, 7) is -1.79. The van der Waals surface area contributed by atoms with Gasteiger partial charge in [0.2, 0.25) is 5.91 Å². The highest BCUT2D eigenvalue weighted by Gasteiger charge is 2.20. The predicted molar refractivity (Wildman–Crippen MR) is 75.5 cm³/mol. The van der Waals surface area contributed by atoms with Crippen LogP contribution in [-0.2, 0) is 11.3 Å². The first-order valence-electron chi connectivity index (χ1n) is 5.99. The van der Waals surface area contributed by atoms with Crippen LogP contribution in [0.5, 0.6) is 0 Å². The molecule has 0 aromatic carbocycles. The summed E-state index contributed by atoms with van der Waals surface area (Å²) in [4.78, 5) is 15.6. The van der Waals surface area contributed by atoms with Crippen molar-refractivity contribution >= 4 is 30.7 Å². The Morgan fingerprint density at radius 2 is 2.25 bits per heavy atom. The number of halogens is 4. The molecule has 2 heterocycles. The second-order valence-electron chi connectivity index (χ2n) is 4.25. The average Bonchev–Trinajstić information content (AvgIpc) is 2.85. The molecule has 20 heavy (non-hydrogen) atoms. The fourth-order valence-electron chi connectivity index (χ4n) is 2.02. The van der Waals surface area contributed by atoms with Crippen molar-refractivity contribution in [3.63, 3.8) is 0 Å².